The highest BCUT2D eigenvalue weighted by molar-refractivity contribution is 5.93. The molecule has 0 saturated carbocycles. The number of aromatic nitrogens is 4. The van der Waals surface area contributed by atoms with Crippen molar-refractivity contribution in [3.8, 4) is 45.0 Å². The van der Waals surface area contributed by atoms with Gasteiger partial charge in [0.1, 0.15) is 0 Å². The summed E-state index contributed by atoms with van der Waals surface area (Å²) in [7, 11) is 3.63. The SMILES string of the molecule is Cn1c(=O)n(C)c2c(-c3ccc(-c4cc(-c5ccccc5)nc(-c5ccccc5)n4)cc3)cccc21. The Balaban J connectivity index is 1.47. The highest BCUT2D eigenvalue weighted by Crippen LogP contribution is 2.31. The molecule has 0 N–H and O–H groups in total. The fraction of sp³-hybridized carbons (Fsp3) is 0.0645. The van der Waals surface area contributed by atoms with Crippen LogP contribution in [0, 0.1) is 0 Å². The second-order valence-electron chi connectivity index (χ2n) is 8.85. The van der Waals surface area contributed by atoms with Gasteiger partial charge in [-0.3, -0.25) is 9.13 Å². The van der Waals surface area contributed by atoms with Crippen LogP contribution in [0.4, 0.5) is 0 Å². The van der Waals surface area contributed by atoms with Crippen LogP contribution in [0.25, 0.3) is 56.1 Å². The number of fused-ring (bicyclic) bond motifs is 1. The molecule has 2 aromatic heterocycles. The van der Waals surface area contributed by atoms with E-state index in [9.17, 15) is 4.79 Å². The van der Waals surface area contributed by atoms with E-state index < -0.39 is 0 Å². The Morgan fingerprint density at radius 3 is 1.75 bits per heavy atom. The average Bonchev–Trinajstić information content (AvgIpc) is 3.17. The Hall–Kier alpha value is -4.77. The summed E-state index contributed by atoms with van der Waals surface area (Å²) in [4.78, 5) is 22.3. The summed E-state index contributed by atoms with van der Waals surface area (Å²) in [5.41, 5.74) is 8.66. The van der Waals surface area contributed by atoms with E-state index in [-0.39, 0.29) is 5.69 Å². The molecule has 0 fully saturated rings. The van der Waals surface area contributed by atoms with Gasteiger partial charge in [0.15, 0.2) is 5.82 Å². The number of para-hydroxylation sites is 1. The summed E-state index contributed by atoms with van der Waals surface area (Å²) in [5.74, 6) is 0.695. The molecule has 0 amide bonds. The summed E-state index contributed by atoms with van der Waals surface area (Å²) in [6.45, 7) is 0. The number of benzene rings is 4. The number of hydrogen-bond acceptors (Lipinski definition) is 3. The lowest BCUT2D eigenvalue weighted by Crippen LogP contribution is -2.19. The molecule has 5 heteroatoms. The van der Waals surface area contributed by atoms with Crippen LogP contribution in [0.1, 0.15) is 0 Å². The third kappa shape index (κ3) is 3.71. The number of rotatable bonds is 4. The van der Waals surface area contributed by atoms with Crippen molar-refractivity contribution < 1.29 is 0 Å². The number of nitrogens with zero attached hydrogens (tertiary/aromatic N) is 4. The van der Waals surface area contributed by atoms with Crippen molar-refractivity contribution in [1.29, 1.82) is 0 Å². The van der Waals surface area contributed by atoms with Gasteiger partial charge >= 0.3 is 5.69 Å². The highest BCUT2D eigenvalue weighted by Gasteiger charge is 2.14. The molecule has 0 aliphatic carbocycles. The second kappa shape index (κ2) is 8.78. The van der Waals surface area contributed by atoms with Crippen LogP contribution < -0.4 is 5.69 Å². The van der Waals surface area contributed by atoms with Gasteiger partial charge in [0.2, 0.25) is 0 Å². The van der Waals surface area contributed by atoms with E-state index >= 15 is 0 Å². The minimum Gasteiger partial charge on any atom is -0.295 e. The van der Waals surface area contributed by atoms with Crippen molar-refractivity contribution in [3.63, 3.8) is 0 Å². The van der Waals surface area contributed by atoms with E-state index in [1.165, 1.54) is 0 Å². The van der Waals surface area contributed by atoms with Crippen molar-refractivity contribution in [3.05, 3.63) is 120 Å². The quantitative estimate of drug-likeness (QED) is 0.304. The lowest BCUT2D eigenvalue weighted by molar-refractivity contribution is 0.795. The molecule has 5 nitrogen and oxygen atoms in total. The van der Waals surface area contributed by atoms with Gasteiger partial charge in [-0.15, -0.1) is 0 Å². The van der Waals surface area contributed by atoms with Crippen LogP contribution in [0.3, 0.4) is 0 Å². The maximum atomic E-state index is 12.5. The third-order valence-corrected chi connectivity index (χ3v) is 6.60. The van der Waals surface area contributed by atoms with Crippen molar-refractivity contribution in [1.82, 2.24) is 19.1 Å². The molecule has 0 unspecified atom stereocenters. The van der Waals surface area contributed by atoms with Crippen LogP contribution in [0.15, 0.2) is 114 Å². The molecule has 0 radical (unpaired) electrons. The molecular weight excluding hydrogens is 444 g/mol. The Kier molecular flexibility index (Phi) is 5.30. The second-order valence-corrected chi connectivity index (χ2v) is 8.85. The Morgan fingerprint density at radius 2 is 1.11 bits per heavy atom. The first-order chi connectivity index (χ1) is 17.6. The summed E-state index contributed by atoms with van der Waals surface area (Å²) < 4.78 is 3.39. The molecule has 174 valence electrons. The predicted molar refractivity (Wildman–Crippen MR) is 145 cm³/mol. The third-order valence-electron chi connectivity index (χ3n) is 6.60. The van der Waals surface area contributed by atoms with Gasteiger partial charge < -0.3 is 0 Å². The van der Waals surface area contributed by atoms with E-state index in [1.54, 1.807) is 16.2 Å². The Bertz CT molecular complexity index is 1690. The van der Waals surface area contributed by atoms with E-state index in [0.717, 1.165) is 50.2 Å². The molecule has 0 bridgehead atoms. The maximum Gasteiger partial charge on any atom is 0.328 e. The monoisotopic (exact) mass is 468 g/mol. The van der Waals surface area contributed by atoms with Gasteiger partial charge in [0, 0.05) is 36.3 Å². The standard InChI is InChI=1S/C31H24N4O/c1-34-28-15-9-14-25(29(28)35(2)31(34)36)21-16-18-23(19-17-21)27-20-26(22-10-5-3-6-11-22)32-30(33-27)24-12-7-4-8-13-24/h3-20H,1-2H3. The number of imidazole rings is 1. The molecule has 36 heavy (non-hydrogen) atoms. The minimum absolute atomic E-state index is 0.0306. The maximum absolute atomic E-state index is 12.5. The first-order valence-electron chi connectivity index (χ1n) is 11.9. The molecule has 0 atom stereocenters. The summed E-state index contributed by atoms with van der Waals surface area (Å²) in [6.07, 6.45) is 0. The number of aryl methyl sites for hydroxylation is 2. The molecule has 0 saturated heterocycles. The van der Waals surface area contributed by atoms with Crippen molar-refractivity contribution in [2.75, 3.05) is 0 Å². The van der Waals surface area contributed by atoms with Gasteiger partial charge in [0.25, 0.3) is 0 Å². The van der Waals surface area contributed by atoms with Crippen molar-refractivity contribution >= 4 is 11.0 Å². The summed E-state index contributed by atoms with van der Waals surface area (Å²) in [6, 6.07) is 36.6. The molecule has 4 aromatic carbocycles. The molecule has 0 aliphatic heterocycles. The van der Waals surface area contributed by atoms with E-state index in [2.05, 4.69) is 42.5 Å². The van der Waals surface area contributed by atoms with E-state index in [4.69, 9.17) is 9.97 Å². The number of hydrogen-bond donors (Lipinski definition) is 0. The molecule has 6 rings (SSSR count). The molecule has 2 heterocycles. The lowest BCUT2D eigenvalue weighted by atomic mass is 10.0. The first kappa shape index (κ1) is 21.7. The predicted octanol–water partition coefficient (Wildman–Crippen LogP) is 6.34. The van der Waals surface area contributed by atoms with Crippen LogP contribution in [-0.4, -0.2) is 19.1 Å². The fourth-order valence-corrected chi connectivity index (χ4v) is 4.70. The first-order valence-corrected chi connectivity index (χ1v) is 11.9. The Morgan fingerprint density at radius 1 is 0.556 bits per heavy atom. The highest BCUT2D eigenvalue weighted by atomic mass is 16.1. The summed E-state index contributed by atoms with van der Waals surface area (Å²) >= 11 is 0. The zero-order chi connectivity index (χ0) is 24.6. The zero-order valence-corrected chi connectivity index (χ0v) is 20.1. The molecule has 0 spiro atoms. The van der Waals surface area contributed by atoms with Crippen LogP contribution in [-0.2, 0) is 14.1 Å². The fourth-order valence-electron chi connectivity index (χ4n) is 4.70. The normalized spacial score (nSPS) is 11.2. The zero-order valence-electron chi connectivity index (χ0n) is 20.1. The van der Waals surface area contributed by atoms with Crippen molar-refractivity contribution in [2.45, 2.75) is 0 Å². The van der Waals surface area contributed by atoms with Crippen LogP contribution in [0.5, 0.6) is 0 Å². The topological polar surface area (TPSA) is 52.7 Å². The van der Waals surface area contributed by atoms with Crippen LogP contribution in [0.2, 0.25) is 0 Å². The van der Waals surface area contributed by atoms with Gasteiger partial charge in [-0.25, -0.2) is 14.8 Å². The molecule has 6 aromatic rings. The van der Waals surface area contributed by atoms with Gasteiger partial charge in [-0.1, -0.05) is 97.1 Å². The Labute approximate surface area is 209 Å². The van der Waals surface area contributed by atoms with Gasteiger partial charge in [-0.2, -0.15) is 0 Å². The lowest BCUT2D eigenvalue weighted by Gasteiger charge is -2.10. The minimum atomic E-state index is -0.0306. The largest absolute Gasteiger partial charge is 0.328 e. The van der Waals surface area contributed by atoms with Crippen LogP contribution >= 0.6 is 0 Å². The van der Waals surface area contributed by atoms with Crippen molar-refractivity contribution in [2.24, 2.45) is 14.1 Å². The molecular formula is C31H24N4O. The van der Waals surface area contributed by atoms with E-state index in [1.807, 2.05) is 73.8 Å². The molecule has 0 aliphatic rings. The average molecular weight is 469 g/mol. The smallest absolute Gasteiger partial charge is 0.295 e. The van der Waals surface area contributed by atoms with Gasteiger partial charge in [0.05, 0.1) is 22.4 Å². The van der Waals surface area contributed by atoms with Gasteiger partial charge in [-0.05, 0) is 17.7 Å². The summed E-state index contributed by atoms with van der Waals surface area (Å²) in [5, 5.41) is 0. The van der Waals surface area contributed by atoms with E-state index in [0.29, 0.717) is 5.82 Å².